The summed E-state index contributed by atoms with van der Waals surface area (Å²) in [4.78, 5) is 12.6. The molecule has 3 rings (SSSR count). The first-order valence-electron chi connectivity index (χ1n) is 9.14. The molecule has 5 nitrogen and oxygen atoms in total. The van der Waals surface area contributed by atoms with Gasteiger partial charge < -0.3 is 5.32 Å². The summed E-state index contributed by atoms with van der Waals surface area (Å²) in [5, 5.41) is 2.69. The Hall–Kier alpha value is -2.68. The molecule has 0 saturated heterocycles. The molecule has 1 amide bonds. The van der Waals surface area contributed by atoms with Gasteiger partial charge in [0.05, 0.1) is 10.6 Å². The van der Waals surface area contributed by atoms with Crippen molar-refractivity contribution in [2.45, 2.75) is 16.3 Å². The SMILES string of the molecule is CN(Cc1ccccc1)S(=O)(=O)c1ccc(NC(=O)CSc2ccccc2F)cc1. The van der Waals surface area contributed by atoms with Crippen LogP contribution in [0.1, 0.15) is 5.56 Å². The number of benzene rings is 3. The Bertz CT molecular complexity index is 1100. The van der Waals surface area contributed by atoms with Crippen LogP contribution >= 0.6 is 11.8 Å². The maximum atomic E-state index is 13.6. The van der Waals surface area contributed by atoms with Crippen LogP contribution in [0.3, 0.4) is 0 Å². The fourth-order valence-electron chi connectivity index (χ4n) is 2.72. The van der Waals surface area contributed by atoms with E-state index in [1.54, 1.807) is 18.2 Å². The van der Waals surface area contributed by atoms with Crippen LogP contribution in [0.2, 0.25) is 0 Å². The van der Waals surface area contributed by atoms with Crippen molar-refractivity contribution in [3.8, 4) is 0 Å². The van der Waals surface area contributed by atoms with Crippen LogP contribution in [0, 0.1) is 5.82 Å². The molecule has 0 spiro atoms. The molecule has 0 aliphatic carbocycles. The topological polar surface area (TPSA) is 66.5 Å². The molecule has 1 N–H and O–H groups in total. The average Bonchev–Trinajstić information content (AvgIpc) is 2.74. The van der Waals surface area contributed by atoms with E-state index in [1.165, 1.54) is 41.7 Å². The molecule has 0 heterocycles. The van der Waals surface area contributed by atoms with E-state index < -0.39 is 10.0 Å². The van der Waals surface area contributed by atoms with Gasteiger partial charge in [-0.2, -0.15) is 4.31 Å². The number of carbonyl (C=O) groups is 1. The molecule has 156 valence electrons. The Morgan fingerprint density at radius 1 is 0.967 bits per heavy atom. The number of halogens is 1. The summed E-state index contributed by atoms with van der Waals surface area (Å²) in [6.07, 6.45) is 0. The zero-order chi connectivity index (χ0) is 21.6. The van der Waals surface area contributed by atoms with Crippen molar-refractivity contribution in [2.24, 2.45) is 0 Å². The van der Waals surface area contributed by atoms with Gasteiger partial charge in [-0.25, -0.2) is 12.8 Å². The van der Waals surface area contributed by atoms with Crippen molar-refractivity contribution >= 4 is 33.4 Å². The molecule has 0 bridgehead atoms. The first-order chi connectivity index (χ1) is 14.4. The van der Waals surface area contributed by atoms with Crippen molar-refractivity contribution in [1.82, 2.24) is 4.31 Å². The lowest BCUT2D eigenvalue weighted by molar-refractivity contribution is -0.113. The van der Waals surface area contributed by atoms with Crippen molar-refractivity contribution in [3.05, 3.63) is 90.2 Å². The van der Waals surface area contributed by atoms with Gasteiger partial charge in [0, 0.05) is 24.2 Å². The molecule has 0 fully saturated rings. The minimum atomic E-state index is -3.66. The zero-order valence-electron chi connectivity index (χ0n) is 16.3. The Labute approximate surface area is 180 Å². The lowest BCUT2D eigenvalue weighted by atomic mass is 10.2. The lowest BCUT2D eigenvalue weighted by Gasteiger charge is -2.17. The molecule has 0 radical (unpaired) electrons. The van der Waals surface area contributed by atoms with Crippen molar-refractivity contribution in [2.75, 3.05) is 18.1 Å². The third-order valence-corrected chi connectivity index (χ3v) is 7.16. The number of hydrogen-bond donors (Lipinski definition) is 1. The van der Waals surface area contributed by atoms with Crippen LogP contribution in [-0.2, 0) is 21.4 Å². The quantitative estimate of drug-likeness (QED) is 0.524. The summed E-state index contributed by atoms with van der Waals surface area (Å²) in [5.74, 6) is -0.634. The second kappa shape index (κ2) is 9.88. The van der Waals surface area contributed by atoms with Crippen LogP contribution in [0.25, 0.3) is 0 Å². The van der Waals surface area contributed by atoms with Gasteiger partial charge in [0.25, 0.3) is 0 Å². The first-order valence-corrected chi connectivity index (χ1v) is 11.6. The fourth-order valence-corrected chi connectivity index (χ4v) is 4.62. The number of rotatable bonds is 8. The maximum Gasteiger partial charge on any atom is 0.243 e. The number of carbonyl (C=O) groups excluding carboxylic acids is 1. The number of anilines is 1. The summed E-state index contributed by atoms with van der Waals surface area (Å²) in [6.45, 7) is 0.259. The summed E-state index contributed by atoms with van der Waals surface area (Å²) in [7, 11) is -2.13. The monoisotopic (exact) mass is 444 g/mol. The number of amides is 1. The van der Waals surface area contributed by atoms with Gasteiger partial charge >= 0.3 is 0 Å². The van der Waals surface area contributed by atoms with E-state index in [2.05, 4.69) is 5.32 Å². The van der Waals surface area contributed by atoms with Crippen molar-refractivity contribution in [3.63, 3.8) is 0 Å². The third kappa shape index (κ3) is 5.69. The number of sulfonamides is 1. The van der Waals surface area contributed by atoms with E-state index in [-0.39, 0.29) is 28.9 Å². The minimum Gasteiger partial charge on any atom is -0.325 e. The van der Waals surface area contributed by atoms with Gasteiger partial charge in [0.1, 0.15) is 5.82 Å². The molecule has 8 heteroatoms. The number of nitrogens with zero attached hydrogens (tertiary/aromatic N) is 1. The molecule has 3 aromatic rings. The van der Waals surface area contributed by atoms with Gasteiger partial charge in [0.2, 0.25) is 15.9 Å². The molecule has 0 unspecified atom stereocenters. The summed E-state index contributed by atoms with van der Waals surface area (Å²) >= 11 is 1.10. The first kappa shape index (κ1) is 22.0. The second-order valence-corrected chi connectivity index (χ2v) is 9.60. The fraction of sp³-hybridized carbons (Fsp3) is 0.136. The molecule has 0 aliphatic heterocycles. The Morgan fingerprint density at radius 3 is 2.27 bits per heavy atom. The van der Waals surface area contributed by atoms with E-state index in [4.69, 9.17) is 0 Å². The molecule has 0 saturated carbocycles. The van der Waals surface area contributed by atoms with Crippen LogP contribution in [0.15, 0.2) is 88.7 Å². The molecule has 0 atom stereocenters. The third-order valence-electron chi connectivity index (χ3n) is 4.29. The van der Waals surface area contributed by atoms with E-state index in [0.29, 0.717) is 10.6 Å². The molecular weight excluding hydrogens is 423 g/mol. The van der Waals surface area contributed by atoms with Gasteiger partial charge in [-0.3, -0.25) is 4.79 Å². The predicted octanol–water partition coefficient (Wildman–Crippen LogP) is 4.38. The highest BCUT2D eigenvalue weighted by atomic mass is 32.2. The highest BCUT2D eigenvalue weighted by Gasteiger charge is 2.21. The predicted molar refractivity (Wildman–Crippen MR) is 117 cm³/mol. The molecule has 3 aromatic carbocycles. The zero-order valence-corrected chi connectivity index (χ0v) is 17.9. The molecule has 30 heavy (non-hydrogen) atoms. The van der Waals surface area contributed by atoms with Gasteiger partial charge in [-0.05, 0) is 42.0 Å². The summed E-state index contributed by atoms with van der Waals surface area (Å²) in [6, 6.07) is 21.6. The summed E-state index contributed by atoms with van der Waals surface area (Å²) in [5.41, 5.74) is 1.36. The highest BCUT2D eigenvalue weighted by Crippen LogP contribution is 2.22. The molecule has 0 aliphatic rings. The number of thioether (sulfide) groups is 1. The summed E-state index contributed by atoms with van der Waals surface area (Å²) < 4.78 is 40.4. The Kier molecular flexibility index (Phi) is 7.25. The van der Waals surface area contributed by atoms with Crippen molar-refractivity contribution in [1.29, 1.82) is 0 Å². The van der Waals surface area contributed by atoms with Crippen LogP contribution in [-0.4, -0.2) is 31.4 Å². The minimum absolute atomic E-state index is 0.0425. The van der Waals surface area contributed by atoms with E-state index in [1.807, 2.05) is 30.3 Å². The number of nitrogens with one attached hydrogen (secondary N) is 1. The number of hydrogen-bond acceptors (Lipinski definition) is 4. The van der Waals surface area contributed by atoms with Crippen molar-refractivity contribution < 1.29 is 17.6 Å². The van der Waals surface area contributed by atoms with E-state index in [9.17, 15) is 17.6 Å². The van der Waals surface area contributed by atoms with Crippen LogP contribution in [0.4, 0.5) is 10.1 Å². The standard InChI is InChI=1S/C22H21FN2O3S2/c1-25(15-17-7-3-2-4-8-17)30(27,28)19-13-11-18(12-14-19)24-22(26)16-29-21-10-6-5-9-20(21)23/h2-14H,15-16H2,1H3,(H,24,26). The second-order valence-electron chi connectivity index (χ2n) is 6.54. The van der Waals surface area contributed by atoms with Crippen LogP contribution < -0.4 is 5.32 Å². The van der Waals surface area contributed by atoms with E-state index >= 15 is 0 Å². The molecule has 0 aromatic heterocycles. The Balaban J connectivity index is 1.59. The van der Waals surface area contributed by atoms with Gasteiger partial charge in [-0.1, -0.05) is 42.5 Å². The Morgan fingerprint density at radius 2 is 1.60 bits per heavy atom. The smallest absolute Gasteiger partial charge is 0.243 e. The highest BCUT2D eigenvalue weighted by molar-refractivity contribution is 8.00. The largest absolute Gasteiger partial charge is 0.325 e. The van der Waals surface area contributed by atoms with Crippen LogP contribution in [0.5, 0.6) is 0 Å². The lowest BCUT2D eigenvalue weighted by Crippen LogP contribution is -2.26. The normalized spacial score (nSPS) is 11.4. The van der Waals surface area contributed by atoms with E-state index in [0.717, 1.165) is 17.3 Å². The van der Waals surface area contributed by atoms with Gasteiger partial charge in [0.15, 0.2) is 0 Å². The van der Waals surface area contributed by atoms with Gasteiger partial charge in [-0.15, -0.1) is 11.8 Å². The maximum absolute atomic E-state index is 13.6. The average molecular weight is 445 g/mol. The molecular formula is C22H21FN2O3S2.